The summed E-state index contributed by atoms with van der Waals surface area (Å²) < 4.78 is 67.0. The number of hydrogen-bond donors (Lipinski definition) is 2. The summed E-state index contributed by atoms with van der Waals surface area (Å²) in [7, 11) is -4.37. The Morgan fingerprint density at radius 3 is 2.26 bits per heavy atom. The first-order valence-corrected chi connectivity index (χ1v) is 9.17. The van der Waals surface area contributed by atoms with Crippen LogP contribution in [0, 0.1) is 24.4 Å². The zero-order valence-electron chi connectivity index (χ0n) is 14.4. The fourth-order valence-electron chi connectivity index (χ4n) is 2.45. The maximum absolute atomic E-state index is 13.5. The van der Waals surface area contributed by atoms with Crippen LogP contribution < -0.4 is 5.48 Å². The molecule has 1 amide bonds. The van der Waals surface area contributed by atoms with Gasteiger partial charge in [-0.3, -0.25) is 10.0 Å². The lowest BCUT2D eigenvalue weighted by Gasteiger charge is -2.27. The molecule has 0 saturated heterocycles. The lowest BCUT2D eigenvalue weighted by molar-refractivity contribution is -0.132. The first-order valence-electron chi connectivity index (χ1n) is 7.73. The molecule has 0 spiro atoms. The van der Waals surface area contributed by atoms with E-state index in [4.69, 9.17) is 5.21 Å². The highest BCUT2D eigenvalue weighted by Gasteiger charge is 2.33. The number of rotatable bonds is 6. The smallest absolute Gasteiger partial charge is 0.261 e. The number of sulfonamides is 1. The Morgan fingerprint density at radius 2 is 1.74 bits per heavy atom. The van der Waals surface area contributed by atoms with E-state index in [1.807, 2.05) is 0 Å². The summed E-state index contributed by atoms with van der Waals surface area (Å²) in [5, 5.41) is 8.83. The van der Waals surface area contributed by atoms with Crippen LogP contribution in [0.5, 0.6) is 0 Å². The van der Waals surface area contributed by atoms with Crippen LogP contribution in [0.4, 0.5) is 13.2 Å². The van der Waals surface area contributed by atoms with Crippen molar-refractivity contribution in [2.24, 2.45) is 0 Å². The summed E-state index contributed by atoms with van der Waals surface area (Å²) in [6.07, 6.45) is 0. The Labute approximate surface area is 154 Å². The minimum Gasteiger partial charge on any atom is -0.289 e. The van der Waals surface area contributed by atoms with Crippen molar-refractivity contribution >= 4 is 15.9 Å². The number of nitrogens with one attached hydrogen (secondary N) is 1. The molecule has 27 heavy (non-hydrogen) atoms. The highest BCUT2D eigenvalue weighted by atomic mass is 32.2. The largest absolute Gasteiger partial charge is 0.289 e. The van der Waals surface area contributed by atoms with Crippen molar-refractivity contribution in [2.45, 2.75) is 31.3 Å². The molecule has 0 radical (unpaired) electrons. The van der Waals surface area contributed by atoms with Crippen molar-refractivity contribution in [1.82, 2.24) is 9.79 Å². The van der Waals surface area contributed by atoms with Crippen molar-refractivity contribution in [2.75, 3.05) is 0 Å². The summed E-state index contributed by atoms with van der Waals surface area (Å²) in [6.45, 7) is 2.00. The predicted molar refractivity (Wildman–Crippen MR) is 89.6 cm³/mol. The van der Waals surface area contributed by atoms with Crippen LogP contribution in [-0.2, 0) is 21.4 Å². The summed E-state index contributed by atoms with van der Waals surface area (Å²) in [6, 6.07) is 4.09. The maximum Gasteiger partial charge on any atom is 0.261 e. The Morgan fingerprint density at radius 1 is 1.15 bits per heavy atom. The summed E-state index contributed by atoms with van der Waals surface area (Å²) in [5.74, 6) is -3.50. The molecule has 0 fully saturated rings. The van der Waals surface area contributed by atoms with Crippen molar-refractivity contribution in [1.29, 1.82) is 0 Å². The highest BCUT2D eigenvalue weighted by Crippen LogP contribution is 2.24. The van der Waals surface area contributed by atoms with Gasteiger partial charge in [0, 0.05) is 12.6 Å². The normalized spacial score (nSPS) is 12.9. The monoisotopic (exact) mass is 402 g/mol. The number of carbonyl (C=O) groups is 1. The third-order valence-electron chi connectivity index (χ3n) is 3.92. The van der Waals surface area contributed by atoms with Crippen LogP contribution in [0.3, 0.4) is 0 Å². The van der Waals surface area contributed by atoms with E-state index < -0.39 is 46.0 Å². The second-order valence-corrected chi connectivity index (χ2v) is 7.78. The maximum atomic E-state index is 13.5. The fourth-order valence-corrected chi connectivity index (χ4v) is 4.12. The Kier molecular flexibility index (Phi) is 6.24. The molecule has 0 saturated carbocycles. The van der Waals surface area contributed by atoms with Crippen molar-refractivity contribution < 1.29 is 31.6 Å². The number of benzene rings is 2. The summed E-state index contributed by atoms with van der Waals surface area (Å²) >= 11 is 0. The third kappa shape index (κ3) is 4.65. The van der Waals surface area contributed by atoms with Gasteiger partial charge in [-0.25, -0.2) is 27.1 Å². The van der Waals surface area contributed by atoms with E-state index in [2.05, 4.69) is 0 Å². The average molecular weight is 402 g/mol. The molecule has 1 atom stereocenters. The molecule has 10 heteroatoms. The summed E-state index contributed by atoms with van der Waals surface area (Å²) in [5.41, 5.74) is 1.36. The molecule has 0 aliphatic carbocycles. The third-order valence-corrected chi connectivity index (χ3v) is 5.83. The fraction of sp³-hybridized carbons (Fsp3) is 0.235. The van der Waals surface area contributed by atoms with Gasteiger partial charge in [-0.1, -0.05) is 0 Å². The van der Waals surface area contributed by atoms with E-state index in [1.54, 1.807) is 0 Å². The van der Waals surface area contributed by atoms with E-state index >= 15 is 0 Å². The van der Waals surface area contributed by atoms with Crippen molar-refractivity contribution in [3.05, 3.63) is 65.0 Å². The van der Waals surface area contributed by atoms with E-state index in [-0.39, 0.29) is 16.0 Å². The quantitative estimate of drug-likeness (QED) is 0.574. The molecule has 0 heterocycles. The number of carbonyl (C=O) groups excluding carboxylic acids is 1. The zero-order chi connectivity index (χ0) is 20.4. The second-order valence-electron chi connectivity index (χ2n) is 5.89. The van der Waals surface area contributed by atoms with Crippen LogP contribution >= 0.6 is 0 Å². The van der Waals surface area contributed by atoms with Gasteiger partial charge in [0.15, 0.2) is 0 Å². The van der Waals surface area contributed by atoms with Crippen molar-refractivity contribution in [3.63, 3.8) is 0 Å². The van der Waals surface area contributed by atoms with Gasteiger partial charge in [0.2, 0.25) is 10.0 Å². The van der Waals surface area contributed by atoms with Crippen LogP contribution in [0.2, 0.25) is 0 Å². The topological polar surface area (TPSA) is 86.7 Å². The SMILES string of the molecule is Cc1cc(S(=O)(=O)N(Cc2cc(F)cc(F)c2)[C@H](C)C(=O)NO)ccc1F. The van der Waals surface area contributed by atoms with Gasteiger partial charge in [-0.15, -0.1) is 0 Å². The van der Waals surface area contributed by atoms with Crippen LogP contribution in [0.15, 0.2) is 41.3 Å². The van der Waals surface area contributed by atoms with Gasteiger partial charge >= 0.3 is 0 Å². The van der Waals surface area contributed by atoms with Gasteiger partial charge < -0.3 is 0 Å². The zero-order valence-corrected chi connectivity index (χ0v) is 15.2. The van der Waals surface area contributed by atoms with Crippen LogP contribution in [0.1, 0.15) is 18.1 Å². The number of amides is 1. The van der Waals surface area contributed by atoms with Crippen molar-refractivity contribution in [3.8, 4) is 0 Å². The van der Waals surface area contributed by atoms with E-state index in [0.717, 1.165) is 30.3 Å². The molecule has 6 nitrogen and oxygen atoms in total. The molecule has 0 aliphatic rings. The molecule has 2 aromatic carbocycles. The number of aryl methyl sites for hydroxylation is 1. The number of hydrogen-bond acceptors (Lipinski definition) is 4. The van der Waals surface area contributed by atoms with E-state index in [0.29, 0.717) is 10.4 Å². The molecule has 146 valence electrons. The first kappa shape index (κ1) is 20.9. The number of halogens is 3. The Balaban J connectivity index is 2.53. The summed E-state index contributed by atoms with van der Waals surface area (Å²) in [4.78, 5) is 11.5. The van der Waals surface area contributed by atoms with Gasteiger partial charge in [-0.2, -0.15) is 4.31 Å². The standard InChI is InChI=1S/C17H17F3N2O4S/c1-10-5-15(3-4-16(10)20)27(25,26)22(11(2)17(23)21-24)9-12-6-13(18)8-14(19)7-12/h3-8,11,24H,9H2,1-2H3,(H,21,23)/t11-/m1/s1. The molecule has 0 aromatic heterocycles. The van der Waals surface area contributed by atoms with E-state index in [9.17, 15) is 26.4 Å². The molecule has 2 aromatic rings. The molecule has 0 bridgehead atoms. The minimum absolute atomic E-state index is 0.0486. The highest BCUT2D eigenvalue weighted by molar-refractivity contribution is 7.89. The molecular weight excluding hydrogens is 385 g/mol. The van der Waals surface area contributed by atoms with Crippen LogP contribution in [-0.4, -0.2) is 29.9 Å². The number of hydroxylamine groups is 1. The molecule has 0 unspecified atom stereocenters. The molecular formula is C17H17F3N2O4S. The lowest BCUT2D eigenvalue weighted by Crippen LogP contribution is -2.46. The lowest BCUT2D eigenvalue weighted by atomic mass is 10.2. The average Bonchev–Trinajstić information content (AvgIpc) is 2.59. The number of nitrogens with zero attached hydrogens (tertiary/aromatic N) is 1. The van der Waals surface area contributed by atoms with Gasteiger partial charge in [0.25, 0.3) is 5.91 Å². The Bertz CT molecular complexity index is 946. The molecule has 2 rings (SSSR count). The van der Waals surface area contributed by atoms with Crippen LogP contribution in [0.25, 0.3) is 0 Å². The second kappa shape index (κ2) is 8.07. The van der Waals surface area contributed by atoms with Gasteiger partial charge in [0.1, 0.15) is 23.5 Å². The molecule has 0 aliphatic heterocycles. The van der Waals surface area contributed by atoms with E-state index in [1.165, 1.54) is 19.3 Å². The first-order chi connectivity index (χ1) is 12.6. The Hall–Kier alpha value is -2.43. The van der Waals surface area contributed by atoms with Gasteiger partial charge in [0.05, 0.1) is 4.90 Å². The van der Waals surface area contributed by atoms with Gasteiger partial charge in [-0.05, 0) is 55.3 Å². The predicted octanol–water partition coefficient (Wildman–Crippen LogP) is 2.50. The minimum atomic E-state index is -4.37. The molecule has 2 N–H and O–H groups in total.